The number of benzene rings is 1. The van der Waals surface area contributed by atoms with Gasteiger partial charge in [-0.15, -0.1) is 0 Å². The molecule has 1 aliphatic heterocycles. The Morgan fingerprint density at radius 3 is 2.35 bits per heavy atom. The molecule has 1 fully saturated rings. The molecule has 1 aliphatic rings. The standard InChI is InChI=1S/C16H22FNOS/c1-4-18(16(19)13-5-7-20-8-6-13)14-9-11(2)15(17)12(3)10-14/h9-10,13H,4-8H2,1-3H3. The highest BCUT2D eigenvalue weighted by molar-refractivity contribution is 7.99. The molecule has 4 heteroatoms. The van der Waals surface area contributed by atoms with Crippen LogP contribution in [0, 0.1) is 25.6 Å². The van der Waals surface area contributed by atoms with Gasteiger partial charge < -0.3 is 4.90 Å². The number of carbonyl (C=O) groups excluding carboxylic acids is 1. The summed E-state index contributed by atoms with van der Waals surface area (Å²) in [5, 5.41) is 0. The Kier molecular flexibility index (Phi) is 5.08. The molecule has 1 aromatic rings. The summed E-state index contributed by atoms with van der Waals surface area (Å²) in [6, 6.07) is 3.56. The second-order valence-electron chi connectivity index (χ2n) is 5.36. The number of anilines is 1. The fraction of sp³-hybridized carbons (Fsp3) is 0.562. The Morgan fingerprint density at radius 1 is 1.30 bits per heavy atom. The van der Waals surface area contributed by atoms with Crippen LogP contribution < -0.4 is 4.90 Å². The number of aryl methyl sites for hydroxylation is 2. The van der Waals surface area contributed by atoms with Crippen LogP contribution in [0.5, 0.6) is 0 Å². The van der Waals surface area contributed by atoms with E-state index >= 15 is 0 Å². The van der Waals surface area contributed by atoms with Gasteiger partial charge in [-0.3, -0.25) is 4.79 Å². The van der Waals surface area contributed by atoms with Gasteiger partial charge in [0.1, 0.15) is 5.82 Å². The van der Waals surface area contributed by atoms with E-state index in [1.165, 1.54) is 0 Å². The summed E-state index contributed by atoms with van der Waals surface area (Å²) in [6.45, 7) is 6.11. The molecule has 0 aromatic heterocycles. The van der Waals surface area contributed by atoms with Gasteiger partial charge in [-0.25, -0.2) is 4.39 Å². The summed E-state index contributed by atoms with van der Waals surface area (Å²) < 4.78 is 13.7. The first-order valence-electron chi connectivity index (χ1n) is 7.20. The minimum Gasteiger partial charge on any atom is -0.312 e. The molecule has 0 bridgehead atoms. The van der Waals surface area contributed by atoms with Crippen molar-refractivity contribution in [3.63, 3.8) is 0 Å². The van der Waals surface area contributed by atoms with Crippen LogP contribution in [0.2, 0.25) is 0 Å². The average molecular weight is 295 g/mol. The van der Waals surface area contributed by atoms with Gasteiger partial charge in [0.2, 0.25) is 5.91 Å². The van der Waals surface area contributed by atoms with E-state index in [9.17, 15) is 9.18 Å². The zero-order chi connectivity index (χ0) is 14.7. The van der Waals surface area contributed by atoms with Crippen molar-refractivity contribution < 1.29 is 9.18 Å². The number of halogens is 1. The topological polar surface area (TPSA) is 20.3 Å². The van der Waals surface area contributed by atoms with Gasteiger partial charge in [0.25, 0.3) is 0 Å². The SMILES string of the molecule is CCN(C(=O)C1CCSCC1)c1cc(C)c(F)c(C)c1. The smallest absolute Gasteiger partial charge is 0.230 e. The first-order valence-corrected chi connectivity index (χ1v) is 8.36. The predicted molar refractivity (Wildman–Crippen MR) is 84.0 cm³/mol. The summed E-state index contributed by atoms with van der Waals surface area (Å²) in [5.41, 5.74) is 2.03. The number of hydrogen-bond acceptors (Lipinski definition) is 2. The lowest BCUT2D eigenvalue weighted by Crippen LogP contribution is -2.37. The number of rotatable bonds is 3. The van der Waals surface area contributed by atoms with Gasteiger partial charge in [0.15, 0.2) is 0 Å². The third-order valence-electron chi connectivity index (χ3n) is 3.89. The molecule has 0 N–H and O–H groups in total. The van der Waals surface area contributed by atoms with Gasteiger partial charge in [-0.2, -0.15) is 11.8 Å². The van der Waals surface area contributed by atoms with E-state index in [1.807, 2.05) is 18.7 Å². The summed E-state index contributed by atoms with van der Waals surface area (Å²) >= 11 is 1.92. The maximum atomic E-state index is 13.7. The van der Waals surface area contributed by atoms with Gasteiger partial charge in [0, 0.05) is 18.2 Å². The quantitative estimate of drug-likeness (QED) is 0.842. The molecule has 0 radical (unpaired) electrons. The van der Waals surface area contributed by atoms with E-state index < -0.39 is 0 Å². The minimum absolute atomic E-state index is 0.127. The predicted octanol–water partition coefficient (Wildman–Crippen LogP) is 3.94. The summed E-state index contributed by atoms with van der Waals surface area (Å²) in [7, 11) is 0. The van der Waals surface area contributed by atoms with E-state index in [-0.39, 0.29) is 17.6 Å². The maximum absolute atomic E-state index is 13.7. The summed E-state index contributed by atoms with van der Waals surface area (Å²) in [4.78, 5) is 14.5. The van der Waals surface area contributed by atoms with Gasteiger partial charge in [-0.05, 0) is 68.4 Å². The molecule has 110 valence electrons. The van der Waals surface area contributed by atoms with Crippen LogP contribution in [0.3, 0.4) is 0 Å². The Morgan fingerprint density at radius 2 is 1.85 bits per heavy atom. The van der Waals surface area contributed by atoms with Crippen LogP contribution in [0.25, 0.3) is 0 Å². The van der Waals surface area contributed by atoms with Crippen molar-refractivity contribution in [3.8, 4) is 0 Å². The lowest BCUT2D eigenvalue weighted by atomic mass is 10.00. The van der Waals surface area contributed by atoms with Crippen molar-refractivity contribution in [3.05, 3.63) is 29.1 Å². The Bertz CT molecular complexity index is 474. The summed E-state index contributed by atoms with van der Waals surface area (Å²) in [6.07, 6.45) is 1.91. The van der Waals surface area contributed by atoms with Crippen LogP contribution >= 0.6 is 11.8 Å². The number of hydrogen-bond donors (Lipinski definition) is 0. The fourth-order valence-corrected chi connectivity index (χ4v) is 3.82. The van der Waals surface area contributed by atoms with Gasteiger partial charge in [-0.1, -0.05) is 0 Å². The average Bonchev–Trinajstić information content (AvgIpc) is 2.46. The van der Waals surface area contributed by atoms with E-state index in [4.69, 9.17) is 0 Å². The zero-order valence-corrected chi connectivity index (χ0v) is 13.2. The molecule has 0 spiro atoms. The van der Waals surface area contributed by atoms with E-state index in [0.717, 1.165) is 30.0 Å². The van der Waals surface area contributed by atoms with Crippen molar-refractivity contribution in [1.82, 2.24) is 0 Å². The molecule has 0 saturated carbocycles. The molecular formula is C16H22FNOS. The molecule has 0 atom stereocenters. The van der Waals surface area contributed by atoms with Crippen LogP contribution in [0.15, 0.2) is 12.1 Å². The lowest BCUT2D eigenvalue weighted by molar-refractivity contribution is -0.122. The molecule has 1 aromatic carbocycles. The van der Waals surface area contributed by atoms with Crippen molar-refractivity contribution in [2.24, 2.45) is 5.92 Å². The molecule has 0 aliphatic carbocycles. The number of nitrogens with zero attached hydrogens (tertiary/aromatic N) is 1. The monoisotopic (exact) mass is 295 g/mol. The molecule has 1 amide bonds. The lowest BCUT2D eigenvalue weighted by Gasteiger charge is -2.29. The van der Waals surface area contributed by atoms with Crippen LogP contribution in [-0.2, 0) is 4.79 Å². The highest BCUT2D eigenvalue weighted by atomic mass is 32.2. The number of amides is 1. The van der Waals surface area contributed by atoms with Crippen LogP contribution in [-0.4, -0.2) is 24.0 Å². The van der Waals surface area contributed by atoms with Crippen molar-refractivity contribution >= 4 is 23.4 Å². The van der Waals surface area contributed by atoms with Crippen molar-refractivity contribution in [2.45, 2.75) is 33.6 Å². The minimum atomic E-state index is -0.175. The normalized spacial score (nSPS) is 16.2. The van der Waals surface area contributed by atoms with E-state index in [0.29, 0.717) is 17.7 Å². The van der Waals surface area contributed by atoms with E-state index in [1.54, 1.807) is 30.9 Å². The second-order valence-corrected chi connectivity index (χ2v) is 6.59. The Balaban J connectivity index is 2.25. The number of thioether (sulfide) groups is 1. The highest BCUT2D eigenvalue weighted by Crippen LogP contribution is 2.28. The molecule has 1 heterocycles. The second kappa shape index (κ2) is 6.61. The van der Waals surface area contributed by atoms with Gasteiger partial charge >= 0.3 is 0 Å². The first-order chi connectivity index (χ1) is 9.54. The van der Waals surface area contributed by atoms with Crippen LogP contribution in [0.4, 0.5) is 10.1 Å². The third kappa shape index (κ3) is 3.17. The highest BCUT2D eigenvalue weighted by Gasteiger charge is 2.26. The summed E-state index contributed by atoms with van der Waals surface area (Å²) in [5.74, 6) is 2.27. The van der Waals surface area contributed by atoms with Crippen molar-refractivity contribution in [2.75, 3.05) is 23.0 Å². The van der Waals surface area contributed by atoms with Gasteiger partial charge in [0.05, 0.1) is 0 Å². The molecular weight excluding hydrogens is 273 g/mol. The zero-order valence-electron chi connectivity index (χ0n) is 12.4. The molecule has 2 nitrogen and oxygen atoms in total. The largest absolute Gasteiger partial charge is 0.312 e. The molecule has 0 unspecified atom stereocenters. The maximum Gasteiger partial charge on any atom is 0.230 e. The first kappa shape index (κ1) is 15.4. The van der Waals surface area contributed by atoms with Crippen LogP contribution in [0.1, 0.15) is 30.9 Å². The fourth-order valence-electron chi connectivity index (χ4n) is 2.71. The third-order valence-corrected chi connectivity index (χ3v) is 4.93. The molecule has 20 heavy (non-hydrogen) atoms. The number of carbonyl (C=O) groups is 1. The molecule has 2 rings (SSSR count). The molecule has 1 saturated heterocycles. The van der Waals surface area contributed by atoms with Crippen molar-refractivity contribution in [1.29, 1.82) is 0 Å². The Hall–Kier alpha value is -1.03. The Labute approximate surface area is 124 Å². The van der Waals surface area contributed by atoms with E-state index in [2.05, 4.69) is 0 Å².